The topological polar surface area (TPSA) is 20.5 Å². The molecule has 0 saturated carbocycles. The first-order chi connectivity index (χ1) is 9.58. The van der Waals surface area contributed by atoms with Gasteiger partial charge in [-0.2, -0.15) is 0 Å². The van der Waals surface area contributed by atoms with Crippen molar-refractivity contribution >= 4 is 40.2 Å². The van der Waals surface area contributed by atoms with Crippen LogP contribution in [-0.4, -0.2) is 16.4 Å². The van der Waals surface area contributed by atoms with Crippen LogP contribution in [0.2, 0.25) is 10.0 Å². The van der Waals surface area contributed by atoms with Crippen LogP contribution in [0, 0.1) is 5.82 Å². The average Bonchev–Trinajstić information content (AvgIpc) is 2.89. The Morgan fingerprint density at radius 3 is 2.75 bits per heavy atom. The molecule has 6 heteroatoms. The largest absolute Gasteiger partial charge is 0.339 e. The maximum absolute atomic E-state index is 13.4. The molecule has 0 atom stereocenters. The van der Waals surface area contributed by atoms with Gasteiger partial charge in [0, 0.05) is 25.6 Å². The predicted octanol–water partition coefficient (Wildman–Crippen LogP) is 4.55. The number of hydrogen-bond acceptors (Lipinski definition) is 2. The van der Waals surface area contributed by atoms with Crippen LogP contribution in [0.3, 0.4) is 0 Å². The van der Waals surface area contributed by atoms with E-state index >= 15 is 0 Å². The fraction of sp³-hybridized carbons (Fsp3) is 0.0714. The zero-order valence-corrected chi connectivity index (χ0v) is 12.0. The molecule has 0 bridgehead atoms. The maximum Gasteiger partial charge on any atom is 0.162 e. The minimum absolute atomic E-state index is 0.359. The lowest BCUT2D eigenvalue weighted by Gasteiger charge is -2.22. The number of aromatic nitrogens is 2. The third-order valence-corrected chi connectivity index (χ3v) is 3.72. The number of benzene rings is 1. The second-order valence-electron chi connectivity index (χ2n) is 4.33. The molecule has 3 rings (SSSR count). The number of pyridine rings is 1. The summed E-state index contributed by atoms with van der Waals surface area (Å²) in [5, 5.41) is 0.963. The maximum atomic E-state index is 13.4. The van der Waals surface area contributed by atoms with Crippen LogP contribution in [0.4, 0.5) is 15.8 Å². The summed E-state index contributed by atoms with van der Waals surface area (Å²) in [6.45, 7) is 0. The Labute approximate surface area is 125 Å². The van der Waals surface area contributed by atoms with Crippen LogP contribution in [0.25, 0.3) is 5.65 Å². The molecule has 0 unspecified atom stereocenters. The van der Waals surface area contributed by atoms with Gasteiger partial charge in [-0.25, -0.2) is 9.37 Å². The summed E-state index contributed by atoms with van der Waals surface area (Å²) in [6, 6.07) is 5.96. The molecule has 0 spiro atoms. The van der Waals surface area contributed by atoms with E-state index in [1.165, 1.54) is 18.2 Å². The van der Waals surface area contributed by atoms with E-state index < -0.39 is 0 Å². The number of fused-ring (bicyclic) bond motifs is 1. The fourth-order valence-corrected chi connectivity index (χ4v) is 2.63. The third kappa shape index (κ3) is 2.11. The number of nitrogens with zero attached hydrogens (tertiary/aromatic N) is 3. The Balaban J connectivity index is 2.22. The zero-order chi connectivity index (χ0) is 14.3. The molecule has 0 fully saturated rings. The molecule has 2 heterocycles. The number of anilines is 2. The molecule has 3 nitrogen and oxygen atoms in total. The molecule has 0 aliphatic heterocycles. The molecule has 3 aromatic rings. The smallest absolute Gasteiger partial charge is 0.162 e. The minimum atomic E-state index is -0.359. The van der Waals surface area contributed by atoms with Gasteiger partial charge in [0.05, 0.1) is 15.7 Å². The molecular formula is C14H10Cl2FN3. The van der Waals surface area contributed by atoms with E-state index in [1.807, 2.05) is 16.8 Å². The summed E-state index contributed by atoms with van der Waals surface area (Å²) < 4.78 is 15.3. The van der Waals surface area contributed by atoms with Crippen molar-refractivity contribution in [3.63, 3.8) is 0 Å². The highest BCUT2D eigenvalue weighted by atomic mass is 35.5. The quantitative estimate of drug-likeness (QED) is 0.692. The van der Waals surface area contributed by atoms with E-state index in [4.69, 9.17) is 23.2 Å². The second-order valence-corrected chi connectivity index (χ2v) is 5.14. The minimum Gasteiger partial charge on any atom is -0.339 e. The SMILES string of the molecule is CN(c1cc(F)ccc1Cl)c1c(Cl)ccn2ccnc12. The van der Waals surface area contributed by atoms with Gasteiger partial charge in [-0.15, -0.1) is 0 Å². The van der Waals surface area contributed by atoms with E-state index in [9.17, 15) is 4.39 Å². The van der Waals surface area contributed by atoms with Gasteiger partial charge in [0.1, 0.15) is 11.5 Å². The second kappa shape index (κ2) is 4.96. The highest BCUT2D eigenvalue weighted by Crippen LogP contribution is 2.37. The molecule has 0 N–H and O–H groups in total. The molecule has 20 heavy (non-hydrogen) atoms. The van der Waals surface area contributed by atoms with Crippen LogP contribution >= 0.6 is 23.2 Å². The van der Waals surface area contributed by atoms with Crippen molar-refractivity contribution in [3.05, 3.63) is 58.7 Å². The van der Waals surface area contributed by atoms with E-state index in [1.54, 1.807) is 24.2 Å². The normalized spacial score (nSPS) is 11.0. The van der Waals surface area contributed by atoms with Crippen molar-refractivity contribution < 1.29 is 4.39 Å². The summed E-state index contributed by atoms with van der Waals surface area (Å²) in [5.74, 6) is -0.359. The van der Waals surface area contributed by atoms with Gasteiger partial charge in [-0.1, -0.05) is 23.2 Å². The third-order valence-electron chi connectivity index (χ3n) is 3.09. The first-order valence-electron chi connectivity index (χ1n) is 5.88. The standard InChI is InChI=1S/C14H10Cl2FN3/c1-19(12-8-9(17)2-3-10(12)15)13-11(16)4-6-20-7-5-18-14(13)20/h2-8H,1H3. The lowest BCUT2D eigenvalue weighted by atomic mass is 10.2. The Bertz CT molecular complexity index is 785. The number of halogens is 3. The lowest BCUT2D eigenvalue weighted by Crippen LogP contribution is -2.12. The fourth-order valence-electron chi connectivity index (χ4n) is 2.12. The first-order valence-corrected chi connectivity index (χ1v) is 6.63. The molecular weight excluding hydrogens is 300 g/mol. The summed E-state index contributed by atoms with van der Waals surface area (Å²) in [6.07, 6.45) is 5.31. The molecule has 0 saturated heterocycles. The monoisotopic (exact) mass is 309 g/mol. The van der Waals surface area contributed by atoms with Crippen LogP contribution in [0.5, 0.6) is 0 Å². The van der Waals surface area contributed by atoms with Gasteiger partial charge in [0.15, 0.2) is 5.65 Å². The molecule has 0 aliphatic carbocycles. The zero-order valence-electron chi connectivity index (χ0n) is 10.5. The molecule has 2 aromatic heterocycles. The van der Waals surface area contributed by atoms with Crippen molar-refractivity contribution in [3.8, 4) is 0 Å². The Morgan fingerprint density at radius 2 is 1.95 bits per heavy atom. The molecule has 102 valence electrons. The molecule has 1 aromatic carbocycles. The van der Waals surface area contributed by atoms with Gasteiger partial charge < -0.3 is 9.30 Å². The predicted molar refractivity (Wildman–Crippen MR) is 79.7 cm³/mol. The van der Waals surface area contributed by atoms with Crippen molar-refractivity contribution in [1.29, 1.82) is 0 Å². The lowest BCUT2D eigenvalue weighted by molar-refractivity contribution is 0.628. The first kappa shape index (κ1) is 13.2. The number of hydrogen-bond donors (Lipinski definition) is 0. The number of rotatable bonds is 2. The van der Waals surface area contributed by atoms with Crippen LogP contribution in [0.1, 0.15) is 0 Å². The van der Waals surface area contributed by atoms with Crippen molar-refractivity contribution in [1.82, 2.24) is 9.38 Å². The van der Waals surface area contributed by atoms with Gasteiger partial charge in [-0.05, 0) is 24.3 Å². The van der Waals surface area contributed by atoms with Crippen LogP contribution in [-0.2, 0) is 0 Å². The van der Waals surface area contributed by atoms with Crippen LogP contribution in [0.15, 0.2) is 42.9 Å². The molecule has 0 amide bonds. The van der Waals surface area contributed by atoms with Gasteiger partial charge >= 0.3 is 0 Å². The van der Waals surface area contributed by atoms with E-state index in [2.05, 4.69) is 4.98 Å². The summed E-state index contributed by atoms with van der Waals surface area (Å²) in [7, 11) is 1.77. The van der Waals surface area contributed by atoms with Crippen LogP contribution < -0.4 is 4.90 Å². The Hall–Kier alpha value is -1.78. The highest BCUT2D eigenvalue weighted by molar-refractivity contribution is 6.35. The van der Waals surface area contributed by atoms with E-state index in [0.29, 0.717) is 27.1 Å². The average molecular weight is 310 g/mol. The van der Waals surface area contributed by atoms with Crippen molar-refractivity contribution in [2.24, 2.45) is 0 Å². The van der Waals surface area contributed by atoms with Crippen molar-refractivity contribution in [2.75, 3.05) is 11.9 Å². The molecule has 0 radical (unpaired) electrons. The Kier molecular flexibility index (Phi) is 3.28. The van der Waals surface area contributed by atoms with Gasteiger partial charge in [-0.3, -0.25) is 0 Å². The van der Waals surface area contributed by atoms with E-state index in [0.717, 1.165) is 0 Å². The summed E-state index contributed by atoms with van der Waals surface area (Å²) in [4.78, 5) is 6.01. The highest BCUT2D eigenvalue weighted by Gasteiger charge is 2.16. The summed E-state index contributed by atoms with van der Waals surface area (Å²) in [5.41, 5.74) is 1.89. The van der Waals surface area contributed by atoms with Crippen molar-refractivity contribution in [2.45, 2.75) is 0 Å². The van der Waals surface area contributed by atoms with Gasteiger partial charge in [0.25, 0.3) is 0 Å². The summed E-state index contributed by atoms with van der Waals surface area (Å²) >= 11 is 12.4. The van der Waals surface area contributed by atoms with E-state index in [-0.39, 0.29) is 5.82 Å². The molecule has 0 aliphatic rings. The number of imidazole rings is 1. The van der Waals surface area contributed by atoms with Gasteiger partial charge in [0.2, 0.25) is 0 Å². The Morgan fingerprint density at radius 1 is 1.15 bits per heavy atom.